The van der Waals surface area contributed by atoms with E-state index in [1.54, 1.807) is 13.0 Å². The number of esters is 2. The smallest absolute Gasteiger partial charge is 0.342 e. The molecule has 140 valence electrons. The molecule has 1 aromatic heterocycles. The first-order chi connectivity index (χ1) is 12.5. The summed E-state index contributed by atoms with van der Waals surface area (Å²) < 4.78 is 31.0. The topological polar surface area (TPSA) is 93.4 Å². The molecule has 2 aromatic rings. The van der Waals surface area contributed by atoms with Gasteiger partial charge in [0.2, 0.25) is 5.75 Å². The Bertz CT molecular complexity index is 806. The predicted octanol–water partition coefficient (Wildman–Crippen LogP) is 2.76. The van der Waals surface area contributed by atoms with Gasteiger partial charge in [-0.05, 0) is 25.1 Å². The molecule has 0 saturated heterocycles. The number of hydrogen-bond donors (Lipinski definition) is 0. The van der Waals surface area contributed by atoms with Crippen LogP contribution in [-0.4, -0.2) is 40.4 Å². The third-order valence-corrected chi connectivity index (χ3v) is 3.64. The summed E-state index contributed by atoms with van der Waals surface area (Å²) in [5.41, 5.74) is 0.448. The lowest BCUT2D eigenvalue weighted by Crippen LogP contribution is -2.08. The maximum absolute atomic E-state index is 12.4. The van der Waals surface area contributed by atoms with Crippen LogP contribution in [0.5, 0.6) is 17.2 Å². The van der Waals surface area contributed by atoms with Gasteiger partial charge in [0.25, 0.3) is 0 Å². The van der Waals surface area contributed by atoms with E-state index in [0.29, 0.717) is 17.3 Å². The summed E-state index contributed by atoms with van der Waals surface area (Å²) >= 11 is 0. The maximum Gasteiger partial charge on any atom is 0.342 e. The summed E-state index contributed by atoms with van der Waals surface area (Å²) in [4.78, 5) is 24.0. The molecule has 0 bridgehead atoms. The Kier molecular flexibility index (Phi) is 6.11. The van der Waals surface area contributed by atoms with Crippen molar-refractivity contribution in [3.63, 3.8) is 0 Å². The predicted molar refractivity (Wildman–Crippen MR) is 90.0 cm³/mol. The maximum atomic E-state index is 12.4. The van der Waals surface area contributed by atoms with E-state index in [4.69, 9.17) is 23.4 Å². The van der Waals surface area contributed by atoms with Crippen LogP contribution < -0.4 is 14.2 Å². The second-order valence-corrected chi connectivity index (χ2v) is 5.13. The van der Waals surface area contributed by atoms with Gasteiger partial charge in [-0.3, -0.25) is 0 Å². The van der Waals surface area contributed by atoms with Crippen LogP contribution in [0.1, 0.15) is 32.2 Å². The average molecular weight is 364 g/mol. The fourth-order valence-corrected chi connectivity index (χ4v) is 2.40. The first-order valence-electron chi connectivity index (χ1n) is 7.60. The highest BCUT2D eigenvalue weighted by molar-refractivity contribution is 5.94. The van der Waals surface area contributed by atoms with Gasteiger partial charge >= 0.3 is 11.9 Å². The SMILES string of the molecule is COC(=O)c1cc(COC(=O)c2ccc(OC)c(OC)c2OC)oc1C. The zero-order valence-electron chi connectivity index (χ0n) is 15.2. The number of hydrogen-bond acceptors (Lipinski definition) is 8. The standard InChI is InChI=1S/C18H20O8/c1-10-13(17(19)24-5)8-11(26-10)9-25-18(20)12-6-7-14(21-2)16(23-4)15(12)22-3/h6-8H,9H2,1-5H3. The molecule has 0 amide bonds. The quantitative estimate of drug-likeness (QED) is 0.693. The van der Waals surface area contributed by atoms with Gasteiger partial charge in [-0.25, -0.2) is 9.59 Å². The van der Waals surface area contributed by atoms with E-state index in [-0.39, 0.29) is 29.2 Å². The molecule has 8 heteroatoms. The van der Waals surface area contributed by atoms with Crippen molar-refractivity contribution in [2.75, 3.05) is 28.4 Å². The van der Waals surface area contributed by atoms with E-state index in [0.717, 1.165) is 0 Å². The van der Waals surface area contributed by atoms with Crippen molar-refractivity contribution >= 4 is 11.9 Å². The molecule has 0 radical (unpaired) electrons. The Balaban J connectivity index is 2.19. The summed E-state index contributed by atoms with van der Waals surface area (Å²) in [6, 6.07) is 4.56. The molecule has 1 heterocycles. The van der Waals surface area contributed by atoms with Gasteiger partial charge in [0.05, 0.1) is 28.4 Å². The minimum absolute atomic E-state index is 0.159. The highest BCUT2D eigenvalue weighted by Gasteiger charge is 2.22. The highest BCUT2D eigenvalue weighted by Crippen LogP contribution is 2.40. The molecule has 0 aliphatic rings. The molecular formula is C18H20O8. The van der Waals surface area contributed by atoms with Crippen LogP contribution in [0.15, 0.2) is 22.6 Å². The number of carbonyl (C=O) groups excluding carboxylic acids is 2. The largest absolute Gasteiger partial charge is 0.493 e. The summed E-state index contributed by atoms with van der Waals surface area (Å²) in [5, 5.41) is 0. The van der Waals surface area contributed by atoms with Gasteiger partial charge in [0, 0.05) is 0 Å². The number of ether oxygens (including phenoxy) is 5. The molecule has 0 unspecified atom stereocenters. The molecular weight excluding hydrogens is 344 g/mol. The molecule has 0 saturated carbocycles. The number of aryl methyl sites for hydroxylation is 1. The summed E-state index contributed by atoms with van der Waals surface area (Å²) in [7, 11) is 5.60. The third-order valence-electron chi connectivity index (χ3n) is 3.64. The molecule has 0 aliphatic heterocycles. The second-order valence-electron chi connectivity index (χ2n) is 5.13. The van der Waals surface area contributed by atoms with Crippen LogP contribution in [0.3, 0.4) is 0 Å². The van der Waals surface area contributed by atoms with Crippen molar-refractivity contribution in [1.82, 2.24) is 0 Å². The summed E-state index contributed by atoms with van der Waals surface area (Å²) in [6.07, 6.45) is 0. The van der Waals surface area contributed by atoms with Crippen LogP contribution in [0.4, 0.5) is 0 Å². The van der Waals surface area contributed by atoms with E-state index in [9.17, 15) is 9.59 Å². The molecule has 2 rings (SSSR count). The van der Waals surface area contributed by atoms with E-state index >= 15 is 0 Å². The van der Waals surface area contributed by atoms with Crippen molar-refractivity contribution < 1.29 is 37.7 Å². The molecule has 0 N–H and O–H groups in total. The van der Waals surface area contributed by atoms with Gasteiger partial charge in [-0.2, -0.15) is 0 Å². The van der Waals surface area contributed by atoms with Crippen LogP contribution in [0.2, 0.25) is 0 Å². The third kappa shape index (κ3) is 3.74. The fourth-order valence-electron chi connectivity index (χ4n) is 2.40. The van der Waals surface area contributed by atoms with Crippen molar-refractivity contribution in [3.05, 3.63) is 40.8 Å². The summed E-state index contributed by atoms with van der Waals surface area (Å²) in [6.45, 7) is 1.46. The Morgan fingerprint density at radius 3 is 2.19 bits per heavy atom. The Labute approximate surface area is 150 Å². The van der Waals surface area contributed by atoms with Gasteiger partial charge in [-0.1, -0.05) is 0 Å². The first-order valence-corrected chi connectivity index (χ1v) is 7.60. The first kappa shape index (κ1) is 19.2. The molecule has 0 fully saturated rings. The van der Waals surface area contributed by atoms with Gasteiger partial charge < -0.3 is 28.1 Å². The van der Waals surface area contributed by atoms with Crippen LogP contribution in [0, 0.1) is 6.92 Å². The monoisotopic (exact) mass is 364 g/mol. The molecule has 26 heavy (non-hydrogen) atoms. The van der Waals surface area contributed by atoms with Crippen LogP contribution in [-0.2, 0) is 16.1 Å². The number of rotatable bonds is 7. The zero-order valence-corrected chi connectivity index (χ0v) is 15.2. The van der Waals surface area contributed by atoms with Crippen molar-refractivity contribution in [1.29, 1.82) is 0 Å². The lowest BCUT2D eigenvalue weighted by molar-refractivity contribution is 0.0439. The Morgan fingerprint density at radius 2 is 1.62 bits per heavy atom. The highest BCUT2D eigenvalue weighted by atomic mass is 16.6. The number of carbonyl (C=O) groups is 2. The lowest BCUT2D eigenvalue weighted by Gasteiger charge is -2.14. The molecule has 0 atom stereocenters. The van der Waals surface area contributed by atoms with E-state index in [1.165, 1.54) is 40.6 Å². The Morgan fingerprint density at radius 1 is 0.923 bits per heavy atom. The van der Waals surface area contributed by atoms with Gasteiger partial charge in [-0.15, -0.1) is 0 Å². The van der Waals surface area contributed by atoms with Crippen LogP contribution in [0.25, 0.3) is 0 Å². The fraction of sp³-hybridized carbons (Fsp3) is 0.333. The average Bonchev–Trinajstić information content (AvgIpc) is 3.04. The minimum Gasteiger partial charge on any atom is -0.493 e. The number of benzene rings is 1. The molecule has 8 nitrogen and oxygen atoms in total. The van der Waals surface area contributed by atoms with Crippen molar-refractivity contribution in [3.8, 4) is 17.2 Å². The Hall–Kier alpha value is -3.16. The lowest BCUT2D eigenvalue weighted by atomic mass is 10.1. The molecule has 0 spiro atoms. The van der Waals surface area contributed by atoms with Gasteiger partial charge in [0.15, 0.2) is 11.5 Å². The van der Waals surface area contributed by atoms with E-state index in [1.807, 2.05) is 0 Å². The minimum atomic E-state index is -0.642. The second kappa shape index (κ2) is 8.28. The number of methoxy groups -OCH3 is 4. The van der Waals surface area contributed by atoms with Crippen molar-refractivity contribution in [2.45, 2.75) is 13.5 Å². The van der Waals surface area contributed by atoms with Gasteiger partial charge in [0.1, 0.15) is 29.3 Å². The normalized spacial score (nSPS) is 10.2. The van der Waals surface area contributed by atoms with Crippen molar-refractivity contribution in [2.24, 2.45) is 0 Å². The van der Waals surface area contributed by atoms with Crippen LogP contribution >= 0.6 is 0 Å². The molecule has 1 aromatic carbocycles. The zero-order chi connectivity index (χ0) is 19.3. The summed E-state index contributed by atoms with van der Waals surface area (Å²) in [5.74, 6) is 0.434. The van der Waals surface area contributed by atoms with E-state index < -0.39 is 11.9 Å². The number of furan rings is 1. The van der Waals surface area contributed by atoms with E-state index in [2.05, 4.69) is 4.74 Å². The molecule has 0 aliphatic carbocycles.